The summed E-state index contributed by atoms with van der Waals surface area (Å²) >= 11 is 0. The average Bonchev–Trinajstić information content (AvgIpc) is 3.17. The number of amides is 1. The molecule has 1 amide bonds. The van der Waals surface area contributed by atoms with Crippen molar-refractivity contribution in [3.05, 3.63) is 41.2 Å². The lowest BCUT2D eigenvalue weighted by Gasteiger charge is -2.26. The molecule has 8 heteroatoms. The summed E-state index contributed by atoms with van der Waals surface area (Å²) in [5.41, 5.74) is 7.76. The molecule has 1 aromatic heterocycles. The first kappa shape index (κ1) is 16.1. The Labute approximate surface area is 145 Å². The fourth-order valence-electron chi connectivity index (χ4n) is 4.14. The predicted molar refractivity (Wildman–Crippen MR) is 90.1 cm³/mol. The van der Waals surface area contributed by atoms with E-state index in [0.717, 1.165) is 19.3 Å². The summed E-state index contributed by atoms with van der Waals surface area (Å²) in [6.07, 6.45) is 3.58. The highest BCUT2D eigenvalue weighted by molar-refractivity contribution is 7.90. The van der Waals surface area contributed by atoms with Crippen LogP contribution in [0.3, 0.4) is 0 Å². The minimum absolute atomic E-state index is 0.0614. The van der Waals surface area contributed by atoms with E-state index in [9.17, 15) is 13.2 Å². The zero-order chi connectivity index (χ0) is 17.8. The van der Waals surface area contributed by atoms with Crippen molar-refractivity contribution < 1.29 is 17.7 Å². The molecule has 7 nitrogen and oxygen atoms in total. The molecule has 1 saturated carbocycles. The van der Waals surface area contributed by atoms with Crippen molar-refractivity contribution in [1.29, 1.82) is 0 Å². The van der Waals surface area contributed by atoms with E-state index in [4.69, 9.17) is 10.3 Å². The molecule has 0 saturated heterocycles. The van der Waals surface area contributed by atoms with Crippen LogP contribution in [0.1, 0.15) is 36.1 Å². The highest BCUT2D eigenvalue weighted by Gasteiger charge is 2.60. The van der Waals surface area contributed by atoms with Crippen LogP contribution >= 0.6 is 0 Å². The number of nitrogens with one attached hydrogen (secondary N) is 1. The summed E-state index contributed by atoms with van der Waals surface area (Å²) in [6, 6.07) is 8.11. The van der Waals surface area contributed by atoms with Gasteiger partial charge in [0.05, 0.1) is 0 Å². The number of rotatable bonds is 3. The van der Waals surface area contributed by atoms with Gasteiger partial charge < -0.3 is 10.3 Å². The SMILES string of the molecule is Cc1onc(N)c1S(=O)(=O)NC(=O)C1CC12CCCc1ccccc12. The number of sulfonamides is 1. The molecule has 2 aromatic rings. The van der Waals surface area contributed by atoms with Gasteiger partial charge in [-0.3, -0.25) is 4.79 Å². The van der Waals surface area contributed by atoms with Crippen LogP contribution in [0.15, 0.2) is 33.7 Å². The maximum absolute atomic E-state index is 12.6. The number of aryl methyl sites for hydroxylation is 2. The van der Waals surface area contributed by atoms with Crippen LogP contribution in [0, 0.1) is 12.8 Å². The Morgan fingerprint density at radius 2 is 2.16 bits per heavy atom. The standard InChI is InChI=1S/C17H19N3O4S/c1-10-14(15(18)19-24-10)25(22,23)20-16(21)13-9-17(13)8-4-6-11-5-2-3-7-12(11)17/h2-3,5,7,13H,4,6,8-9H2,1H3,(H2,18,19)(H,20,21). The van der Waals surface area contributed by atoms with Crippen LogP contribution < -0.4 is 10.5 Å². The van der Waals surface area contributed by atoms with E-state index < -0.39 is 15.9 Å². The van der Waals surface area contributed by atoms with Crippen molar-refractivity contribution in [2.24, 2.45) is 5.92 Å². The second-order valence-electron chi connectivity index (χ2n) is 6.85. The van der Waals surface area contributed by atoms with E-state index in [-0.39, 0.29) is 27.8 Å². The van der Waals surface area contributed by atoms with Crippen molar-refractivity contribution in [2.75, 3.05) is 5.73 Å². The maximum Gasteiger partial charge on any atom is 0.271 e. The molecule has 2 unspecified atom stereocenters. The number of nitrogens with zero attached hydrogens (tertiary/aromatic N) is 1. The quantitative estimate of drug-likeness (QED) is 0.859. The third-order valence-corrected chi connectivity index (χ3v) is 6.86. The largest absolute Gasteiger partial charge is 0.380 e. The van der Waals surface area contributed by atoms with Gasteiger partial charge in [-0.25, -0.2) is 13.1 Å². The minimum atomic E-state index is -4.10. The van der Waals surface area contributed by atoms with Crippen LogP contribution in [0.4, 0.5) is 5.82 Å². The Kier molecular flexibility index (Phi) is 3.44. The Morgan fingerprint density at radius 3 is 2.88 bits per heavy atom. The molecule has 0 radical (unpaired) electrons. The second-order valence-corrected chi connectivity index (χ2v) is 8.47. The molecule has 1 heterocycles. The Bertz CT molecular complexity index is 947. The summed E-state index contributed by atoms with van der Waals surface area (Å²) in [5, 5.41) is 3.44. The summed E-state index contributed by atoms with van der Waals surface area (Å²) in [5.74, 6) is -1.01. The van der Waals surface area contributed by atoms with Gasteiger partial charge in [0.2, 0.25) is 5.91 Å². The Balaban J connectivity index is 1.59. The van der Waals surface area contributed by atoms with Gasteiger partial charge in [0.1, 0.15) is 0 Å². The maximum atomic E-state index is 12.6. The van der Waals surface area contributed by atoms with Crippen LogP contribution in [0.2, 0.25) is 0 Å². The van der Waals surface area contributed by atoms with Crippen LogP contribution in [-0.2, 0) is 26.7 Å². The number of fused-ring (bicyclic) bond motifs is 2. The molecule has 25 heavy (non-hydrogen) atoms. The van der Waals surface area contributed by atoms with Gasteiger partial charge in [-0.15, -0.1) is 0 Å². The number of hydrogen-bond acceptors (Lipinski definition) is 6. The third-order valence-electron chi connectivity index (χ3n) is 5.35. The molecule has 3 N–H and O–H groups in total. The van der Waals surface area contributed by atoms with Crippen LogP contribution in [-0.4, -0.2) is 19.5 Å². The number of carbonyl (C=O) groups excluding carboxylic acids is 1. The van der Waals surface area contributed by atoms with Crippen molar-refractivity contribution >= 4 is 21.7 Å². The molecule has 1 spiro atoms. The normalized spacial score (nSPS) is 24.8. The molecule has 4 rings (SSSR count). The van der Waals surface area contributed by atoms with Crippen molar-refractivity contribution in [2.45, 2.75) is 42.9 Å². The Morgan fingerprint density at radius 1 is 1.40 bits per heavy atom. The van der Waals surface area contributed by atoms with Gasteiger partial charge in [0, 0.05) is 11.3 Å². The first-order valence-electron chi connectivity index (χ1n) is 8.22. The van der Waals surface area contributed by atoms with E-state index in [0.29, 0.717) is 6.42 Å². The summed E-state index contributed by atoms with van der Waals surface area (Å²) in [6.45, 7) is 1.44. The molecule has 132 valence electrons. The van der Waals surface area contributed by atoms with Gasteiger partial charge in [0.25, 0.3) is 10.0 Å². The molecule has 0 bridgehead atoms. The lowest BCUT2D eigenvalue weighted by Crippen LogP contribution is -2.35. The molecular formula is C17H19N3O4S. The van der Waals surface area contributed by atoms with Crippen LogP contribution in [0.25, 0.3) is 0 Å². The minimum Gasteiger partial charge on any atom is -0.380 e. The van der Waals surface area contributed by atoms with Gasteiger partial charge in [-0.1, -0.05) is 29.4 Å². The molecule has 1 fully saturated rings. The topological polar surface area (TPSA) is 115 Å². The van der Waals surface area contributed by atoms with E-state index >= 15 is 0 Å². The van der Waals surface area contributed by atoms with Crippen molar-refractivity contribution in [3.63, 3.8) is 0 Å². The molecule has 2 atom stereocenters. The average molecular weight is 361 g/mol. The van der Waals surface area contributed by atoms with E-state index in [1.807, 2.05) is 12.1 Å². The first-order valence-corrected chi connectivity index (χ1v) is 9.70. The lowest BCUT2D eigenvalue weighted by atomic mass is 9.78. The molecule has 0 aliphatic heterocycles. The second kappa shape index (κ2) is 5.32. The zero-order valence-corrected chi connectivity index (χ0v) is 14.6. The number of aromatic nitrogens is 1. The monoisotopic (exact) mass is 361 g/mol. The van der Waals surface area contributed by atoms with Gasteiger partial charge in [-0.2, -0.15) is 0 Å². The van der Waals surface area contributed by atoms with Crippen molar-refractivity contribution in [3.8, 4) is 0 Å². The smallest absolute Gasteiger partial charge is 0.271 e. The number of hydrogen-bond donors (Lipinski definition) is 2. The zero-order valence-electron chi connectivity index (χ0n) is 13.8. The summed E-state index contributed by atoms with van der Waals surface area (Å²) < 4.78 is 31.9. The molecular weight excluding hydrogens is 342 g/mol. The van der Waals surface area contributed by atoms with Gasteiger partial charge >= 0.3 is 0 Å². The number of anilines is 1. The van der Waals surface area contributed by atoms with Crippen LogP contribution in [0.5, 0.6) is 0 Å². The fourth-order valence-corrected chi connectivity index (χ4v) is 5.38. The highest BCUT2D eigenvalue weighted by atomic mass is 32.2. The summed E-state index contributed by atoms with van der Waals surface area (Å²) in [4.78, 5) is 12.4. The molecule has 2 aliphatic rings. The number of nitrogen functional groups attached to an aromatic ring is 1. The number of carbonyl (C=O) groups is 1. The van der Waals surface area contributed by atoms with E-state index in [2.05, 4.69) is 22.0 Å². The predicted octanol–water partition coefficient (Wildman–Crippen LogP) is 1.66. The number of nitrogens with two attached hydrogens (primary N) is 1. The summed E-state index contributed by atoms with van der Waals surface area (Å²) in [7, 11) is -4.10. The third kappa shape index (κ3) is 2.43. The van der Waals surface area contributed by atoms with E-state index in [1.165, 1.54) is 18.1 Å². The van der Waals surface area contributed by atoms with Crippen molar-refractivity contribution in [1.82, 2.24) is 9.88 Å². The van der Waals surface area contributed by atoms with E-state index in [1.54, 1.807) is 0 Å². The van der Waals surface area contributed by atoms with Gasteiger partial charge in [-0.05, 0) is 43.7 Å². The molecule has 2 aliphatic carbocycles. The highest BCUT2D eigenvalue weighted by Crippen LogP contribution is 2.60. The first-order chi connectivity index (χ1) is 11.8. The number of benzene rings is 1. The fraction of sp³-hybridized carbons (Fsp3) is 0.412. The molecule has 1 aromatic carbocycles. The Hall–Kier alpha value is -2.35. The lowest BCUT2D eigenvalue weighted by molar-refractivity contribution is -0.121. The van der Waals surface area contributed by atoms with Gasteiger partial charge in [0.15, 0.2) is 16.5 Å².